The SMILES string of the molecule is CCc1cccc(C)c1NC(=S)N(CCOC)C(C)c1ccc[nH+]c1. The van der Waals surface area contributed by atoms with Crippen LogP contribution >= 0.6 is 12.2 Å². The van der Waals surface area contributed by atoms with Crippen LogP contribution in [0.5, 0.6) is 0 Å². The molecule has 0 amide bonds. The number of nitrogens with zero attached hydrogens (tertiary/aromatic N) is 1. The molecule has 4 nitrogen and oxygen atoms in total. The van der Waals surface area contributed by atoms with Gasteiger partial charge in [0.15, 0.2) is 17.5 Å². The number of methoxy groups -OCH3 is 1. The largest absolute Gasteiger partial charge is 0.383 e. The maximum Gasteiger partial charge on any atom is 0.174 e. The second kappa shape index (κ2) is 9.49. The van der Waals surface area contributed by atoms with Gasteiger partial charge in [-0.15, -0.1) is 0 Å². The Balaban J connectivity index is 2.24. The summed E-state index contributed by atoms with van der Waals surface area (Å²) >= 11 is 5.76. The molecule has 2 N–H and O–H groups in total. The van der Waals surface area contributed by atoms with Crippen LogP contribution < -0.4 is 10.3 Å². The van der Waals surface area contributed by atoms with Crippen molar-refractivity contribution < 1.29 is 9.72 Å². The van der Waals surface area contributed by atoms with Gasteiger partial charge in [-0.25, -0.2) is 4.98 Å². The highest BCUT2D eigenvalue weighted by Gasteiger charge is 2.21. The number of anilines is 1. The highest BCUT2D eigenvalue weighted by molar-refractivity contribution is 7.80. The number of pyridine rings is 1. The highest BCUT2D eigenvalue weighted by Crippen LogP contribution is 2.24. The van der Waals surface area contributed by atoms with E-state index < -0.39 is 0 Å². The molecular formula is C20H28N3OS+. The first-order valence-electron chi connectivity index (χ1n) is 8.69. The summed E-state index contributed by atoms with van der Waals surface area (Å²) in [6.07, 6.45) is 4.89. The Bertz CT molecular complexity index is 691. The second-order valence-corrected chi connectivity index (χ2v) is 6.48. The topological polar surface area (TPSA) is 38.6 Å². The van der Waals surface area contributed by atoms with Crippen molar-refractivity contribution in [3.63, 3.8) is 0 Å². The van der Waals surface area contributed by atoms with E-state index in [1.165, 1.54) is 16.7 Å². The first-order chi connectivity index (χ1) is 12.1. The number of rotatable bonds is 7. The minimum Gasteiger partial charge on any atom is -0.383 e. The van der Waals surface area contributed by atoms with E-state index in [-0.39, 0.29) is 6.04 Å². The third-order valence-corrected chi connectivity index (χ3v) is 4.79. The molecule has 134 valence electrons. The van der Waals surface area contributed by atoms with Crippen LogP contribution in [0, 0.1) is 6.92 Å². The molecule has 2 rings (SSSR count). The Hall–Kier alpha value is -1.98. The quantitative estimate of drug-likeness (QED) is 0.765. The van der Waals surface area contributed by atoms with Crippen LogP contribution in [0.4, 0.5) is 5.69 Å². The maximum absolute atomic E-state index is 5.76. The fourth-order valence-corrected chi connectivity index (χ4v) is 3.24. The average molecular weight is 359 g/mol. The predicted molar refractivity (Wildman–Crippen MR) is 107 cm³/mol. The molecule has 0 fully saturated rings. The van der Waals surface area contributed by atoms with Crippen LogP contribution in [0.25, 0.3) is 0 Å². The third kappa shape index (κ3) is 5.00. The molecule has 2 aromatic rings. The number of ether oxygens (including phenoxy) is 1. The van der Waals surface area contributed by atoms with E-state index in [1.807, 2.05) is 18.5 Å². The fraction of sp³-hybridized carbons (Fsp3) is 0.400. The maximum atomic E-state index is 5.76. The van der Waals surface area contributed by atoms with Gasteiger partial charge in [-0.3, -0.25) is 0 Å². The minimum absolute atomic E-state index is 0.140. The first-order valence-corrected chi connectivity index (χ1v) is 9.10. The summed E-state index contributed by atoms with van der Waals surface area (Å²) in [4.78, 5) is 5.32. The molecule has 0 saturated carbocycles. The van der Waals surface area contributed by atoms with Crippen molar-refractivity contribution in [2.75, 3.05) is 25.6 Å². The number of hydrogen-bond acceptors (Lipinski definition) is 2. The van der Waals surface area contributed by atoms with Crippen molar-refractivity contribution in [3.8, 4) is 0 Å². The van der Waals surface area contributed by atoms with E-state index in [2.05, 4.69) is 60.2 Å². The fourth-order valence-electron chi connectivity index (χ4n) is 2.89. The molecule has 1 atom stereocenters. The standard InChI is InChI=1S/C20H27N3OS/c1-5-17-9-6-8-15(2)19(17)22-20(25)23(12-13-24-4)16(3)18-10-7-11-21-14-18/h6-11,14,16H,5,12-13H2,1-4H3,(H,22,25)/p+1. The summed E-state index contributed by atoms with van der Waals surface area (Å²) in [5.74, 6) is 0. The third-order valence-electron chi connectivity index (χ3n) is 4.45. The van der Waals surface area contributed by atoms with Gasteiger partial charge >= 0.3 is 0 Å². The van der Waals surface area contributed by atoms with Gasteiger partial charge in [0.25, 0.3) is 0 Å². The lowest BCUT2D eigenvalue weighted by molar-refractivity contribution is -0.379. The number of benzene rings is 1. The number of hydrogen-bond donors (Lipinski definition) is 1. The number of aromatic amines is 1. The normalized spacial score (nSPS) is 11.8. The molecular weight excluding hydrogens is 330 g/mol. The average Bonchev–Trinajstić information content (AvgIpc) is 2.64. The number of thiocarbonyl (C=S) groups is 1. The van der Waals surface area contributed by atoms with Crippen LogP contribution in [0.3, 0.4) is 0 Å². The van der Waals surface area contributed by atoms with Crippen molar-refractivity contribution in [2.45, 2.75) is 33.2 Å². The molecule has 0 radical (unpaired) electrons. The lowest BCUT2D eigenvalue weighted by atomic mass is 10.1. The van der Waals surface area contributed by atoms with Gasteiger partial charge in [0.05, 0.1) is 12.6 Å². The summed E-state index contributed by atoms with van der Waals surface area (Å²) in [7, 11) is 1.71. The highest BCUT2D eigenvalue weighted by atomic mass is 32.1. The molecule has 25 heavy (non-hydrogen) atoms. The molecule has 1 aromatic carbocycles. The van der Waals surface area contributed by atoms with Gasteiger partial charge in [-0.1, -0.05) is 25.1 Å². The Morgan fingerprint density at radius 2 is 2.12 bits per heavy atom. The number of aryl methyl sites for hydroxylation is 2. The lowest BCUT2D eigenvalue weighted by Gasteiger charge is -2.32. The summed E-state index contributed by atoms with van der Waals surface area (Å²) in [5, 5.41) is 4.20. The monoisotopic (exact) mass is 358 g/mol. The summed E-state index contributed by atoms with van der Waals surface area (Å²) in [5.41, 5.74) is 4.77. The zero-order valence-electron chi connectivity index (χ0n) is 15.5. The van der Waals surface area contributed by atoms with Gasteiger partial charge in [-0.2, -0.15) is 0 Å². The Morgan fingerprint density at radius 3 is 2.76 bits per heavy atom. The van der Waals surface area contributed by atoms with E-state index in [0.717, 1.165) is 23.8 Å². The summed E-state index contributed by atoms with van der Waals surface area (Å²) < 4.78 is 5.29. The molecule has 0 spiro atoms. The molecule has 0 saturated heterocycles. The van der Waals surface area contributed by atoms with Gasteiger partial charge in [0.1, 0.15) is 0 Å². The van der Waals surface area contributed by atoms with Crippen molar-refractivity contribution in [2.24, 2.45) is 0 Å². The number of aromatic nitrogens is 1. The van der Waals surface area contributed by atoms with Gasteiger partial charge in [0, 0.05) is 31.0 Å². The summed E-state index contributed by atoms with van der Waals surface area (Å²) in [6, 6.07) is 10.6. The van der Waals surface area contributed by atoms with Crippen molar-refractivity contribution in [1.82, 2.24) is 4.90 Å². The van der Waals surface area contributed by atoms with Crippen molar-refractivity contribution in [3.05, 3.63) is 59.4 Å². The minimum atomic E-state index is 0.140. The van der Waals surface area contributed by atoms with Gasteiger partial charge in [0.2, 0.25) is 0 Å². The molecule has 0 aliphatic rings. The molecule has 1 unspecified atom stereocenters. The Labute approximate surface area is 156 Å². The van der Waals surface area contributed by atoms with Crippen LogP contribution in [0.15, 0.2) is 42.7 Å². The molecule has 1 heterocycles. The van der Waals surface area contributed by atoms with Crippen LogP contribution in [0.1, 0.15) is 36.6 Å². The van der Waals surface area contributed by atoms with Crippen LogP contribution in [0.2, 0.25) is 0 Å². The Kier molecular flexibility index (Phi) is 7.34. The lowest BCUT2D eigenvalue weighted by Crippen LogP contribution is -2.39. The van der Waals surface area contributed by atoms with Crippen LogP contribution in [-0.4, -0.2) is 30.3 Å². The van der Waals surface area contributed by atoms with E-state index in [4.69, 9.17) is 17.0 Å². The van der Waals surface area contributed by atoms with Crippen molar-refractivity contribution in [1.29, 1.82) is 0 Å². The smallest absolute Gasteiger partial charge is 0.174 e. The predicted octanol–water partition coefficient (Wildman–Crippen LogP) is 3.78. The van der Waals surface area contributed by atoms with Crippen molar-refractivity contribution >= 4 is 23.0 Å². The van der Waals surface area contributed by atoms with Gasteiger partial charge < -0.3 is 15.0 Å². The van der Waals surface area contributed by atoms with E-state index in [0.29, 0.717) is 6.61 Å². The number of nitrogens with one attached hydrogen (secondary N) is 2. The molecule has 0 aliphatic heterocycles. The molecule has 1 aromatic heterocycles. The Morgan fingerprint density at radius 1 is 1.32 bits per heavy atom. The van der Waals surface area contributed by atoms with E-state index in [9.17, 15) is 0 Å². The molecule has 0 aliphatic carbocycles. The second-order valence-electron chi connectivity index (χ2n) is 6.09. The zero-order chi connectivity index (χ0) is 18.2. The number of H-pyrrole nitrogens is 1. The van der Waals surface area contributed by atoms with Crippen LogP contribution in [-0.2, 0) is 11.2 Å². The number of para-hydroxylation sites is 1. The molecule has 5 heteroatoms. The van der Waals surface area contributed by atoms with E-state index >= 15 is 0 Å². The van der Waals surface area contributed by atoms with E-state index in [1.54, 1.807) is 7.11 Å². The van der Waals surface area contributed by atoms with Gasteiger partial charge in [-0.05, 0) is 49.7 Å². The first kappa shape index (κ1) is 19.3. The molecule has 0 bridgehead atoms. The zero-order valence-corrected chi connectivity index (χ0v) is 16.3. The summed E-state index contributed by atoms with van der Waals surface area (Å²) in [6.45, 7) is 7.78.